The summed E-state index contributed by atoms with van der Waals surface area (Å²) in [4.78, 5) is 51.1. The highest BCUT2D eigenvalue weighted by atomic mass is 35.5. The summed E-state index contributed by atoms with van der Waals surface area (Å²) in [6, 6.07) is 36.4. The summed E-state index contributed by atoms with van der Waals surface area (Å²) in [6.07, 6.45) is 8.01. The zero-order valence-corrected chi connectivity index (χ0v) is 43.6. The van der Waals surface area contributed by atoms with Gasteiger partial charge >= 0.3 is 0 Å². The third-order valence-electron chi connectivity index (χ3n) is 13.9. The van der Waals surface area contributed by atoms with Crippen LogP contribution in [-0.4, -0.2) is 91.6 Å². The third kappa shape index (κ3) is 10.6. The van der Waals surface area contributed by atoms with Crippen LogP contribution in [0.2, 0.25) is 0 Å². The zero-order chi connectivity index (χ0) is 50.9. The number of benzene rings is 4. The maximum absolute atomic E-state index is 13.3. The molecular weight excluding hydrogens is 962 g/mol. The fraction of sp³-hybridized carbons (Fsp3) is 0.379. The van der Waals surface area contributed by atoms with Crippen molar-refractivity contribution in [2.45, 2.75) is 116 Å². The molecule has 0 saturated carbocycles. The number of hydrogen-bond acceptors (Lipinski definition) is 9. The molecule has 4 aromatic carbocycles. The Labute approximate surface area is 438 Å². The van der Waals surface area contributed by atoms with Gasteiger partial charge in [0.15, 0.2) is 11.2 Å². The van der Waals surface area contributed by atoms with E-state index in [-0.39, 0.29) is 61.7 Å². The zero-order valence-electron chi connectivity index (χ0n) is 42.0. The molecule has 0 radical (unpaired) electrons. The molecule has 4 amide bonds. The number of carbonyl (C=O) groups is 4. The van der Waals surface area contributed by atoms with Crippen LogP contribution in [0.3, 0.4) is 0 Å². The Morgan fingerprint density at radius 2 is 1.08 bits per heavy atom. The van der Waals surface area contributed by atoms with Gasteiger partial charge in [0.05, 0.1) is 40.0 Å². The van der Waals surface area contributed by atoms with Gasteiger partial charge in [-0.1, -0.05) is 31.7 Å². The molecule has 2 spiro atoms. The summed E-state index contributed by atoms with van der Waals surface area (Å²) >= 11 is 6.89. The lowest BCUT2D eigenvalue weighted by molar-refractivity contribution is -0.132. The summed E-state index contributed by atoms with van der Waals surface area (Å²) < 4.78 is 30.1. The van der Waals surface area contributed by atoms with E-state index in [0.717, 1.165) is 71.2 Å². The van der Waals surface area contributed by atoms with Crippen LogP contribution in [0.5, 0.6) is 23.0 Å². The fourth-order valence-electron chi connectivity index (χ4n) is 10.3. The van der Waals surface area contributed by atoms with Crippen molar-refractivity contribution in [1.29, 1.82) is 0 Å². The summed E-state index contributed by atoms with van der Waals surface area (Å²) in [5.74, 6) is 3.03. The summed E-state index contributed by atoms with van der Waals surface area (Å²) in [5, 5.41) is 1.21. The number of aromatic nitrogens is 2. The number of rotatable bonds is 7. The molecule has 384 valence electrons. The molecule has 15 heteroatoms. The van der Waals surface area contributed by atoms with Crippen LogP contribution in [0.4, 0.5) is 0 Å². The predicted molar refractivity (Wildman–Crippen MR) is 286 cm³/mol. The van der Waals surface area contributed by atoms with Crippen LogP contribution in [0.15, 0.2) is 120 Å². The molecule has 2 aromatic heterocycles. The van der Waals surface area contributed by atoms with Gasteiger partial charge in [-0.3, -0.25) is 19.2 Å². The van der Waals surface area contributed by atoms with Crippen LogP contribution in [0, 0.1) is 13.8 Å². The maximum Gasteiger partial charge on any atom is 0.253 e. The largest absolute Gasteiger partial charge is 0.491 e. The SMILES string of the molecule is C.CSc1ccc2n1-c1ccccc1OC21CCN(C(=O)c2ccc(OC(C)C)c(C)c2)CC1.Cc1cc(C(=O)N2CCC3(CC2)Oc2ccccc2-n2cccc23)ccc1OC(C)C.O=C1CCC(=O)N1Cl. The van der Waals surface area contributed by atoms with E-state index in [9.17, 15) is 19.2 Å². The molecule has 0 unspecified atom stereocenters. The number of likely N-dealkylation sites (tertiary alicyclic amines) is 2. The van der Waals surface area contributed by atoms with E-state index in [1.165, 1.54) is 16.4 Å². The molecule has 5 aliphatic rings. The second-order valence-corrected chi connectivity index (χ2v) is 20.6. The molecule has 7 heterocycles. The van der Waals surface area contributed by atoms with Crippen LogP contribution < -0.4 is 18.9 Å². The highest BCUT2D eigenvalue weighted by molar-refractivity contribution is 7.98. The lowest BCUT2D eigenvalue weighted by atomic mass is 9.86. The predicted octanol–water partition coefficient (Wildman–Crippen LogP) is 11.8. The van der Waals surface area contributed by atoms with E-state index in [0.29, 0.717) is 41.7 Å². The first kappa shape index (κ1) is 52.7. The Morgan fingerprint density at radius 3 is 1.53 bits per heavy atom. The molecule has 5 aliphatic heterocycles. The molecule has 11 rings (SSSR count). The Kier molecular flexibility index (Phi) is 15.8. The van der Waals surface area contributed by atoms with Crippen molar-refractivity contribution in [2.75, 3.05) is 32.4 Å². The van der Waals surface area contributed by atoms with Crippen LogP contribution in [0.1, 0.15) is 117 Å². The quantitative estimate of drug-likeness (QED) is 0.0873. The number of halogens is 1. The Bertz CT molecular complexity index is 2980. The highest BCUT2D eigenvalue weighted by Gasteiger charge is 2.46. The second kappa shape index (κ2) is 21.8. The van der Waals surface area contributed by atoms with Gasteiger partial charge in [0, 0.05) is 93.8 Å². The average molecular weight is 1030 g/mol. The highest BCUT2D eigenvalue weighted by Crippen LogP contribution is 2.48. The van der Waals surface area contributed by atoms with Gasteiger partial charge in [0.1, 0.15) is 23.0 Å². The molecule has 0 bridgehead atoms. The van der Waals surface area contributed by atoms with Crippen LogP contribution >= 0.6 is 23.5 Å². The van der Waals surface area contributed by atoms with Crippen molar-refractivity contribution in [3.05, 3.63) is 149 Å². The molecule has 0 aliphatic carbocycles. The van der Waals surface area contributed by atoms with Crippen molar-refractivity contribution < 1.29 is 38.1 Å². The van der Waals surface area contributed by atoms with Crippen molar-refractivity contribution in [2.24, 2.45) is 0 Å². The molecule has 0 atom stereocenters. The number of imide groups is 1. The van der Waals surface area contributed by atoms with E-state index < -0.39 is 5.60 Å². The second-order valence-electron chi connectivity index (χ2n) is 19.4. The van der Waals surface area contributed by atoms with Crippen molar-refractivity contribution in [1.82, 2.24) is 23.4 Å². The molecule has 13 nitrogen and oxygen atoms in total. The minimum Gasteiger partial charge on any atom is -0.491 e. The third-order valence-corrected chi connectivity index (χ3v) is 15.0. The number of carbonyl (C=O) groups excluding carboxylic acids is 4. The Hall–Kier alpha value is -6.64. The van der Waals surface area contributed by atoms with E-state index in [4.69, 9.17) is 30.7 Å². The maximum atomic E-state index is 13.3. The van der Waals surface area contributed by atoms with Gasteiger partial charge in [-0.05, 0) is 144 Å². The fourth-order valence-corrected chi connectivity index (χ4v) is 11.0. The summed E-state index contributed by atoms with van der Waals surface area (Å²) in [6.45, 7) is 14.6. The number of amides is 4. The first-order valence-electron chi connectivity index (χ1n) is 24.8. The number of piperidine rings is 2. The molecule has 3 fully saturated rings. The number of thioether (sulfide) groups is 1. The van der Waals surface area contributed by atoms with Gasteiger partial charge in [-0.15, -0.1) is 11.8 Å². The normalized spacial score (nSPS) is 16.7. The first-order valence-corrected chi connectivity index (χ1v) is 26.3. The summed E-state index contributed by atoms with van der Waals surface area (Å²) in [7, 11) is 0. The van der Waals surface area contributed by atoms with E-state index in [1.807, 2.05) is 118 Å². The average Bonchev–Trinajstić information content (AvgIpc) is 4.13. The molecular formula is C58H66ClN5O8S. The molecule has 6 aromatic rings. The van der Waals surface area contributed by atoms with E-state index in [2.05, 4.69) is 64.1 Å². The standard InChI is InChI=1S/C27H30N2O3S.C26H28N2O3.C4H4ClNO2.CH4/c1-18(2)31-22-10-9-20(17-19(22)3)26(30)28-15-13-27(14-16-28)24-11-12-25(33-4)29(24)21-7-5-6-8-23(21)32-27;1-18(2)30-22-11-10-20(17-19(22)3)25(29)27-15-12-26(13-16-27)24-9-6-14-28(24)21-7-4-5-8-23(21)31-26;5-6-3(7)1-2-4(6)8;/h5-12,17-18H,13-16H2,1-4H3;4-11,14,17-18H,12-13,15-16H2,1-3H3;1-2H2;1H4. The lowest BCUT2D eigenvalue weighted by Crippen LogP contribution is -2.50. The topological polar surface area (TPSA) is 125 Å². The van der Waals surface area contributed by atoms with Crippen molar-refractivity contribution in [3.8, 4) is 34.4 Å². The van der Waals surface area contributed by atoms with Gasteiger partial charge in [0.2, 0.25) is 11.8 Å². The summed E-state index contributed by atoms with van der Waals surface area (Å²) in [5.41, 5.74) is 7.11. The minimum absolute atomic E-state index is 0. The van der Waals surface area contributed by atoms with E-state index in [1.54, 1.807) is 11.8 Å². The van der Waals surface area contributed by atoms with Gasteiger partial charge in [-0.2, -0.15) is 4.42 Å². The number of hydrogen-bond donors (Lipinski definition) is 0. The molecule has 3 saturated heterocycles. The van der Waals surface area contributed by atoms with Crippen molar-refractivity contribution >= 4 is 47.2 Å². The number of para-hydroxylation sites is 4. The number of nitrogens with zero attached hydrogens (tertiary/aromatic N) is 5. The first-order chi connectivity index (χ1) is 34.6. The number of ether oxygens (including phenoxy) is 4. The van der Waals surface area contributed by atoms with Gasteiger partial charge in [0.25, 0.3) is 11.8 Å². The monoisotopic (exact) mass is 1030 g/mol. The lowest BCUT2D eigenvalue weighted by Gasteiger charge is -2.45. The van der Waals surface area contributed by atoms with Crippen molar-refractivity contribution in [3.63, 3.8) is 0 Å². The number of fused-ring (bicyclic) bond motifs is 8. The molecule has 0 N–H and O–H groups in total. The van der Waals surface area contributed by atoms with Crippen LogP contribution in [-0.2, 0) is 20.8 Å². The number of aryl methyl sites for hydroxylation is 2. The Morgan fingerprint density at radius 1 is 0.616 bits per heavy atom. The minimum atomic E-state index is -0.413. The molecule has 73 heavy (non-hydrogen) atoms. The van der Waals surface area contributed by atoms with Gasteiger partial charge < -0.3 is 37.9 Å². The Balaban J connectivity index is 0.000000167. The van der Waals surface area contributed by atoms with Crippen LogP contribution in [0.25, 0.3) is 11.4 Å². The van der Waals surface area contributed by atoms with Gasteiger partial charge in [-0.25, -0.2) is 0 Å². The van der Waals surface area contributed by atoms with E-state index >= 15 is 0 Å². The smallest absolute Gasteiger partial charge is 0.253 e.